The Morgan fingerprint density at radius 2 is 1.49 bits per heavy atom. The maximum absolute atomic E-state index is 15.2. The fourth-order valence-electron chi connectivity index (χ4n) is 8.54. The lowest BCUT2D eigenvalue weighted by Gasteiger charge is -2.36. The number of benzene rings is 3. The molecule has 0 aliphatic carbocycles. The SMILES string of the molecule is CCCCN(CCCC)C(=O)c1cc(-c2cc3c(cc2C(=O)N2Cc4ccccc4C[C@H]2C)CN(C(=O)Oc2ccccc2)CC3)n(CCN2CCOCC2)c1C. The Balaban J connectivity index is 1.31. The first-order valence-corrected chi connectivity index (χ1v) is 21.1. The van der Waals surface area contributed by atoms with Crippen molar-refractivity contribution in [2.24, 2.45) is 0 Å². The van der Waals surface area contributed by atoms with E-state index >= 15 is 4.79 Å². The maximum atomic E-state index is 15.2. The third kappa shape index (κ3) is 9.13. The molecular formula is C47H59N5O5. The van der Waals surface area contributed by atoms with Gasteiger partial charge in [0.2, 0.25) is 0 Å². The molecule has 1 fully saturated rings. The van der Waals surface area contributed by atoms with Crippen molar-refractivity contribution in [1.29, 1.82) is 0 Å². The van der Waals surface area contributed by atoms with Gasteiger partial charge in [0.15, 0.2) is 0 Å². The Morgan fingerprint density at radius 1 is 0.789 bits per heavy atom. The molecule has 3 aliphatic heterocycles. The van der Waals surface area contributed by atoms with Crippen LogP contribution in [0.5, 0.6) is 5.75 Å². The third-order valence-corrected chi connectivity index (χ3v) is 12.0. The lowest BCUT2D eigenvalue weighted by molar-refractivity contribution is 0.0364. The molecule has 10 nitrogen and oxygen atoms in total. The monoisotopic (exact) mass is 773 g/mol. The van der Waals surface area contributed by atoms with Gasteiger partial charge in [0.1, 0.15) is 5.75 Å². The minimum atomic E-state index is -0.406. The molecule has 0 saturated carbocycles. The highest BCUT2D eigenvalue weighted by atomic mass is 16.6. The van der Waals surface area contributed by atoms with Crippen LogP contribution < -0.4 is 4.74 Å². The number of unbranched alkanes of at least 4 members (excludes halogenated alkanes) is 2. The highest BCUT2D eigenvalue weighted by molar-refractivity contribution is 6.03. The summed E-state index contributed by atoms with van der Waals surface area (Å²) < 4.78 is 13.7. The van der Waals surface area contributed by atoms with Crippen molar-refractivity contribution in [2.75, 3.05) is 52.5 Å². The predicted octanol–water partition coefficient (Wildman–Crippen LogP) is 7.98. The number of carbonyl (C=O) groups is 3. The largest absolute Gasteiger partial charge is 0.415 e. The second-order valence-corrected chi connectivity index (χ2v) is 15.9. The van der Waals surface area contributed by atoms with Crippen LogP contribution in [0.4, 0.5) is 4.79 Å². The van der Waals surface area contributed by atoms with Gasteiger partial charge in [0.05, 0.1) is 18.8 Å². The van der Waals surface area contributed by atoms with E-state index < -0.39 is 6.09 Å². The third-order valence-electron chi connectivity index (χ3n) is 12.0. The van der Waals surface area contributed by atoms with Gasteiger partial charge >= 0.3 is 6.09 Å². The summed E-state index contributed by atoms with van der Waals surface area (Å²) in [6.07, 6.45) is 4.93. The topological polar surface area (TPSA) is 87.6 Å². The number of para-hydroxylation sites is 1. The number of amides is 3. The first-order chi connectivity index (χ1) is 27.7. The number of hydrogen-bond donors (Lipinski definition) is 0. The Hall–Kier alpha value is -4.93. The molecule has 1 aromatic heterocycles. The van der Waals surface area contributed by atoms with Gasteiger partial charge in [0.25, 0.3) is 11.8 Å². The van der Waals surface area contributed by atoms with Crippen LogP contribution in [0.3, 0.4) is 0 Å². The average Bonchev–Trinajstić information content (AvgIpc) is 3.57. The molecule has 0 bridgehead atoms. The van der Waals surface area contributed by atoms with Crippen LogP contribution in [-0.4, -0.2) is 101 Å². The summed E-state index contributed by atoms with van der Waals surface area (Å²) in [4.78, 5) is 51.3. The highest BCUT2D eigenvalue weighted by Gasteiger charge is 2.33. The minimum absolute atomic E-state index is 0.00805. The van der Waals surface area contributed by atoms with Gasteiger partial charge in [0, 0.05) is 87.5 Å². The van der Waals surface area contributed by atoms with E-state index in [2.05, 4.69) is 67.5 Å². The minimum Gasteiger partial charge on any atom is -0.410 e. The zero-order valence-electron chi connectivity index (χ0n) is 34.3. The predicted molar refractivity (Wildman–Crippen MR) is 224 cm³/mol. The lowest BCUT2D eigenvalue weighted by atomic mass is 9.90. The Morgan fingerprint density at radius 3 is 2.21 bits per heavy atom. The fraction of sp³-hybridized carbons (Fsp3) is 0.468. The summed E-state index contributed by atoms with van der Waals surface area (Å²) in [5.74, 6) is 0.513. The molecule has 0 unspecified atom stereocenters. The van der Waals surface area contributed by atoms with Gasteiger partial charge in [-0.05, 0) is 92.1 Å². The van der Waals surface area contributed by atoms with Gasteiger partial charge in [-0.1, -0.05) is 69.2 Å². The number of hydrogen-bond acceptors (Lipinski definition) is 6. The van der Waals surface area contributed by atoms with E-state index in [0.717, 1.165) is 98.5 Å². The van der Waals surface area contributed by atoms with Crippen LogP contribution in [-0.2, 0) is 37.2 Å². The number of fused-ring (bicyclic) bond motifs is 2. The standard InChI is InChI=1S/C47H59N5O5/c1-5-7-19-49(20-8-6-2)45(53)41-31-44(51(35(41)4)23-22-48-24-26-56-27-25-48)42-29-37-18-21-50(47(55)57-40-16-10-9-11-17-40)32-39(37)30-43(42)46(54)52-33-38-15-13-12-14-36(38)28-34(52)3/h9-17,29-31,34H,5-8,18-28,32-33H2,1-4H3/t34-/m1/s1. The summed E-state index contributed by atoms with van der Waals surface area (Å²) in [5.41, 5.74) is 8.41. The second kappa shape index (κ2) is 18.6. The van der Waals surface area contributed by atoms with Gasteiger partial charge in [-0.25, -0.2) is 4.79 Å². The van der Waals surface area contributed by atoms with E-state index in [1.54, 1.807) is 17.0 Å². The first kappa shape index (κ1) is 40.3. The summed E-state index contributed by atoms with van der Waals surface area (Å²) in [5, 5.41) is 0. The molecule has 57 heavy (non-hydrogen) atoms. The van der Waals surface area contributed by atoms with Crippen LogP contribution >= 0.6 is 0 Å². The summed E-state index contributed by atoms with van der Waals surface area (Å²) in [6.45, 7) is 16.0. The molecule has 302 valence electrons. The molecule has 3 amide bonds. The fourth-order valence-corrected chi connectivity index (χ4v) is 8.54. The summed E-state index contributed by atoms with van der Waals surface area (Å²) >= 11 is 0. The van der Waals surface area contributed by atoms with Crippen molar-refractivity contribution in [1.82, 2.24) is 24.2 Å². The van der Waals surface area contributed by atoms with Crippen molar-refractivity contribution < 1.29 is 23.9 Å². The summed E-state index contributed by atoms with van der Waals surface area (Å²) in [7, 11) is 0. The van der Waals surface area contributed by atoms with Crippen LogP contribution in [0.1, 0.15) is 95.1 Å². The van der Waals surface area contributed by atoms with Crippen molar-refractivity contribution >= 4 is 17.9 Å². The molecule has 4 aromatic rings. The number of ether oxygens (including phenoxy) is 2. The maximum Gasteiger partial charge on any atom is 0.415 e. The zero-order chi connectivity index (χ0) is 39.9. The molecule has 0 radical (unpaired) electrons. The molecule has 3 aromatic carbocycles. The lowest BCUT2D eigenvalue weighted by Crippen LogP contribution is -2.43. The van der Waals surface area contributed by atoms with Gasteiger partial charge in [-0.15, -0.1) is 0 Å². The Kier molecular flexibility index (Phi) is 13.1. The molecular weight excluding hydrogens is 715 g/mol. The van der Waals surface area contributed by atoms with Crippen molar-refractivity contribution in [3.63, 3.8) is 0 Å². The van der Waals surface area contributed by atoms with E-state index in [-0.39, 0.29) is 17.9 Å². The Bertz CT molecular complexity index is 2030. The number of morpholine rings is 1. The van der Waals surface area contributed by atoms with E-state index in [0.29, 0.717) is 62.7 Å². The average molecular weight is 774 g/mol. The van der Waals surface area contributed by atoms with Gasteiger partial charge < -0.3 is 28.7 Å². The van der Waals surface area contributed by atoms with Gasteiger partial charge in [-0.2, -0.15) is 0 Å². The van der Waals surface area contributed by atoms with Crippen molar-refractivity contribution in [2.45, 2.75) is 91.9 Å². The smallest absolute Gasteiger partial charge is 0.410 e. The molecule has 1 atom stereocenters. The van der Waals surface area contributed by atoms with Crippen LogP contribution in [0.2, 0.25) is 0 Å². The molecule has 1 saturated heterocycles. The molecule has 4 heterocycles. The van der Waals surface area contributed by atoms with Crippen LogP contribution in [0.25, 0.3) is 11.3 Å². The second-order valence-electron chi connectivity index (χ2n) is 15.9. The number of carbonyl (C=O) groups excluding carboxylic acids is 3. The normalized spacial score (nSPS) is 16.9. The van der Waals surface area contributed by atoms with Crippen molar-refractivity contribution in [3.05, 3.63) is 112 Å². The number of aromatic nitrogens is 1. The summed E-state index contributed by atoms with van der Waals surface area (Å²) in [6, 6.07) is 23.8. The van der Waals surface area contributed by atoms with E-state index in [1.807, 2.05) is 40.1 Å². The van der Waals surface area contributed by atoms with Gasteiger partial charge in [-0.3, -0.25) is 14.5 Å². The van der Waals surface area contributed by atoms with Crippen LogP contribution in [0.15, 0.2) is 72.8 Å². The molecule has 0 N–H and O–H groups in total. The number of rotatable bonds is 13. The molecule has 10 heteroatoms. The molecule has 7 rings (SSSR count). The first-order valence-electron chi connectivity index (χ1n) is 21.1. The molecule has 0 spiro atoms. The van der Waals surface area contributed by atoms with E-state index in [1.165, 1.54) is 5.56 Å². The Labute approximate surface area is 338 Å². The molecule has 3 aliphatic rings. The van der Waals surface area contributed by atoms with E-state index in [9.17, 15) is 9.59 Å². The van der Waals surface area contributed by atoms with E-state index in [4.69, 9.17) is 9.47 Å². The quantitative estimate of drug-likeness (QED) is 0.137. The zero-order valence-corrected chi connectivity index (χ0v) is 34.3. The van der Waals surface area contributed by atoms with Crippen LogP contribution in [0, 0.1) is 6.92 Å². The highest BCUT2D eigenvalue weighted by Crippen LogP contribution is 2.36. The van der Waals surface area contributed by atoms with Crippen molar-refractivity contribution in [3.8, 4) is 17.0 Å². The number of nitrogens with zero attached hydrogens (tertiary/aromatic N) is 5.